The normalized spacial score (nSPS) is 17.9. The largest absolute Gasteiger partial charge is 0.494 e. The van der Waals surface area contributed by atoms with Crippen molar-refractivity contribution in [2.45, 2.75) is 105 Å². The molecule has 5 nitrogen and oxygen atoms in total. The number of nitrogens with zero attached hydrogens (tertiary/aromatic N) is 2. The molecule has 0 spiro atoms. The van der Waals surface area contributed by atoms with Gasteiger partial charge in [-0.1, -0.05) is 82.8 Å². The quantitative estimate of drug-likeness (QED) is 0.192. The van der Waals surface area contributed by atoms with E-state index in [1.807, 2.05) is 24.3 Å². The SMILES string of the molecule is CCCCOc1ccc(C[C@H](NC(=O)C2CCC(C(C)(C)C)CC2)c2nc(-c3ccc(Cl)cc3Cl)cn2CCCC)cc1. The number of carbonyl (C=O) groups excluding carboxylic acids is 1. The van der Waals surface area contributed by atoms with Gasteiger partial charge in [-0.25, -0.2) is 4.98 Å². The number of hydrogen-bond donors (Lipinski definition) is 1. The van der Waals surface area contributed by atoms with Gasteiger partial charge in [0.2, 0.25) is 5.91 Å². The van der Waals surface area contributed by atoms with E-state index in [1.165, 1.54) is 0 Å². The zero-order chi connectivity index (χ0) is 31.0. The zero-order valence-electron chi connectivity index (χ0n) is 26.6. The molecule has 1 heterocycles. The van der Waals surface area contributed by atoms with Crippen LogP contribution in [0, 0.1) is 17.3 Å². The average Bonchev–Trinajstić information content (AvgIpc) is 3.40. The lowest BCUT2D eigenvalue weighted by atomic mass is 9.69. The second-order valence-corrected chi connectivity index (χ2v) is 14.0. The number of imidazole rings is 1. The number of unbranched alkanes of at least 4 members (excludes halogenated alkanes) is 2. The van der Waals surface area contributed by atoms with E-state index in [0.717, 1.165) is 92.9 Å². The van der Waals surface area contributed by atoms with Crippen LogP contribution in [0.15, 0.2) is 48.7 Å². The van der Waals surface area contributed by atoms with Gasteiger partial charge in [-0.3, -0.25) is 4.79 Å². The van der Waals surface area contributed by atoms with Crippen LogP contribution in [0.1, 0.15) is 103 Å². The van der Waals surface area contributed by atoms with Gasteiger partial charge >= 0.3 is 0 Å². The molecule has 1 amide bonds. The highest BCUT2D eigenvalue weighted by molar-refractivity contribution is 6.36. The molecule has 1 aromatic heterocycles. The summed E-state index contributed by atoms with van der Waals surface area (Å²) in [6.45, 7) is 12.8. The molecule has 1 aliphatic carbocycles. The molecular formula is C36H49Cl2N3O2. The molecule has 43 heavy (non-hydrogen) atoms. The molecule has 3 aromatic rings. The summed E-state index contributed by atoms with van der Waals surface area (Å²) in [7, 11) is 0. The fourth-order valence-corrected chi connectivity index (χ4v) is 6.56. The molecule has 1 N–H and O–H groups in total. The number of carbonyl (C=O) groups is 1. The third-order valence-electron chi connectivity index (χ3n) is 8.85. The Bertz CT molecular complexity index is 1320. The van der Waals surface area contributed by atoms with Crippen molar-refractivity contribution in [1.82, 2.24) is 14.9 Å². The third-order valence-corrected chi connectivity index (χ3v) is 9.40. The first-order chi connectivity index (χ1) is 20.6. The summed E-state index contributed by atoms with van der Waals surface area (Å²) in [6.07, 6.45) is 11.0. The van der Waals surface area contributed by atoms with Gasteiger partial charge in [0.1, 0.15) is 11.6 Å². The van der Waals surface area contributed by atoms with E-state index in [9.17, 15) is 4.79 Å². The van der Waals surface area contributed by atoms with E-state index in [4.69, 9.17) is 32.9 Å². The third kappa shape index (κ3) is 9.25. The monoisotopic (exact) mass is 625 g/mol. The Hall–Kier alpha value is -2.50. The molecule has 0 unspecified atom stereocenters. The van der Waals surface area contributed by atoms with Crippen molar-refractivity contribution >= 4 is 29.1 Å². The maximum Gasteiger partial charge on any atom is 0.223 e. The van der Waals surface area contributed by atoms with Gasteiger partial charge in [0.05, 0.1) is 23.4 Å². The first-order valence-electron chi connectivity index (χ1n) is 16.1. The van der Waals surface area contributed by atoms with Gasteiger partial charge < -0.3 is 14.6 Å². The Morgan fingerprint density at radius 3 is 2.35 bits per heavy atom. The maximum atomic E-state index is 13.8. The van der Waals surface area contributed by atoms with Crippen LogP contribution in [0.2, 0.25) is 10.0 Å². The average molecular weight is 627 g/mol. The van der Waals surface area contributed by atoms with Crippen molar-refractivity contribution in [1.29, 1.82) is 0 Å². The highest BCUT2D eigenvalue weighted by Crippen LogP contribution is 2.40. The minimum atomic E-state index is -0.281. The van der Waals surface area contributed by atoms with Crippen molar-refractivity contribution in [3.05, 3.63) is 70.1 Å². The summed E-state index contributed by atoms with van der Waals surface area (Å²) in [5.41, 5.74) is 3.03. The number of rotatable bonds is 13. The molecule has 234 valence electrons. The Morgan fingerprint density at radius 1 is 1.02 bits per heavy atom. The molecular weight excluding hydrogens is 577 g/mol. The van der Waals surface area contributed by atoms with Gasteiger partial charge in [-0.05, 0) is 92.2 Å². The molecule has 0 bridgehead atoms. The summed E-state index contributed by atoms with van der Waals surface area (Å²) < 4.78 is 8.10. The molecule has 7 heteroatoms. The fourth-order valence-electron chi connectivity index (χ4n) is 6.05. The molecule has 1 atom stereocenters. The van der Waals surface area contributed by atoms with Gasteiger partial charge in [-0.2, -0.15) is 0 Å². The van der Waals surface area contributed by atoms with Crippen LogP contribution in [0.5, 0.6) is 5.75 Å². The molecule has 0 aliphatic heterocycles. The predicted molar refractivity (Wildman–Crippen MR) is 179 cm³/mol. The van der Waals surface area contributed by atoms with Crippen LogP contribution < -0.4 is 10.1 Å². The number of nitrogens with one attached hydrogen (secondary N) is 1. The fraction of sp³-hybridized carbons (Fsp3) is 0.556. The van der Waals surface area contributed by atoms with Crippen molar-refractivity contribution in [2.75, 3.05) is 6.61 Å². The van der Waals surface area contributed by atoms with Crippen LogP contribution in [0.4, 0.5) is 0 Å². The molecule has 0 saturated heterocycles. The number of ether oxygens (including phenoxy) is 1. The van der Waals surface area contributed by atoms with Crippen molar-refractivity contribution in [3.8, 4) is 17.0 Å². The lowest BCUT2D eigenvalue weighted by Gasteiger charge is -2.36. The number of benzene rings is 2. The number of aromatic nitrogens is 2. The van der Waals surface area contributed by atoms with Crippen molar-refractivity contribution in [2.24, 2.45) is 17.3 Å². The number of amides is 1. The van der Waals surface area contributed by atoms with Crippen LogP contribution in [0.3, 0.4) is 0 Å². The summed E-state index contributed by atoms with van der Waals surface area (Å²) in [5.74, 6) is 2.55. The second-order valence-electron chi connectivity index (χ2n) is 13.2. The Balaban J connectivity index is 1.63. The van der Waals surface area contributed by atoms with Gasteiger partial charge in [0, 0.05) is 29.2 Å². The minimum Gasteiger partial charge on any atom is -0.494 e. The van der Waals surface area contributed by atoms with E-state index < -0.39 is 0 Å². The second kappa shape index (κ2) is 15.5. The lowest BCUT2D eigenvalue weighted by Crippen LogP contribution is -2.38. The summed E-state index contributed by atoms with van der Waals surface area (Å²) in [4.78, 5) is 18.9. The minimum absolute atomic E-state index is 0.0275. The van der Waals surface area contributed by atoms with Gasteiger partial charge in [-0.15, -0.1) is 0 Å². The number of aryl methyl sites for hydroxylation is 1. The van der Waals surface area contributed by atoms with E-state index in [-0.39, 0.29) is 23.3 Å². The topological polar surface area (TPSA) is 56.1 Å². The maximum absolute atomic E-state index is 13.8. The Labute approximate surface area is 268 Å². The predicted octanol–water partition coefficient (Wildman–Crippen LogP) is 10.1. The highest BCUT2D eigenvalue weighted by Gasteiger charge is 2.34. The first kappa shape index (κ1) is 33.4. The standard InChI is InChI=1S/C36H49Cl2N3O2/c1-6-8-20-41-24-33(30-19-16-28(37)23-31(30)38)39-34(41)32(22-25-10-17-29(18-11-25)43-21-9-7-2)40-35(42)26-12-14-27(15-13-26)36(3,4)5/h10-11,16-19,23-24,26-27,32H,6-9,12-15,20-22H2,1-5H3,(H,40,42)/t26?,27?,32-/m0/s1. The Kier molecular flexibility index (Phi) is 12.0. The van der Waals surface area contributed by atoms with Crippen LogP contribution >= 0.6 is 23.2 Å². The summed E-state index contributed by atoms with van der Waals surface area (Å²) in [5, 5.41) is 4.61. The van der Waals surface area contributed by atoms with E-state index in [0.29, 0.717) is 22.4 Å². The van der Waals surface area contributed by atoms with Crippen LogP contribution in [-0.4, -0.2) is 22.1 Å². The van der Waals surface area contributed by atoms with Gasteiger partial charge in [0.25, 0.3) is 0 Å². The van der Waals surface area contributed by atoms with Crippen molar-refractivity contribution in [3.63, 3.8) is 0 Å². The van der Waals surface area contributed by atoms with E-state index >= 15 is 0 Å². The molecule has 0 radical (unpaired) electrons. The zero-order valence-corrected chi connectivity index (χ0v) is 28.1. The summed E-state index contributed by atoms with van der Waals surface area (Å²) >= 11 is 12.8. The smallest absolute Gasteiger partial charge is 0.223 e. The lowest BCUT2D eigenvalue weighted by molar-refractivity contribution is -0.127. The molecule has 2 aromatic carbocycles. The number of halogens is 2. The highest BCUT2D eigenvalue weighted by atomic mass is 35.5. The molecule has 1 aliphatic rings. The van der Waals surface area contributed by atoms with E-state index in [2.05, 4.69) is 62.8 Å². The first-order valence-corrected chi connectivity index (χ1v) is 16.9. The van der Waals surface area contributed by atoms with Gasteiger partial charge in [0.15, 0.2) is 0 Å². The van der Waals surface area contributed by atoms with Crippen molar-refractivity contribution < 1.29 is 9.53 Å². The Morgan fingerprint density at radius 2 is 1.72 bits per heavy atom. The molecule has 4 rings (SSSR count). The summed E-state index contributed by atoms with van der Waals surface area (Å²) in [6, 6.07) is 13.5. The van der Waals surface area contributed by atoms with Crippen LogP contribution in [0.25, 0.3) is 11.3 Å². The number of hydrogen-bond acceptors (Lipinski definition) is 3. The van der Waals surface area contributed by atoms with E-state index in [1.54, 1.807) is 6.07 Å². The molecule has 1 fully saturated rings. The molecule has 1 saturated carbocycles. The van der Waals surface area contributed by atoms with Crippen LogP contribution in [-0.2, 0) is 17.8 Å².